The number of hydrogen-bond donors (Lipinski definition) is 3. The molecule has 1 unspecified atom stereocenters. The van der Waals surface area contributed by atoms with E-state index in [1.165, 1.54) is 13.2 Å². The Bertz CT molecular complexity index is 1190. The Kier molecular flexibility index (Phi) is 6.84. The van der Waals surface area contributed by atoms with Gasteiger partial charge in [-0.2, -0.15) is 0 Å². The molecule has 0 spiro atoms. The van der Waals surface area contributed by atoms with E-state index in [0.29, 0.717) is 10.6 Å². The largest absolute Gasteiger partial charge is 0.378 e. The quantitative estimate of drug-likeness (QED) is 0.458. The topological polar surface area (TPSA) is 123 Å². The minimum absolute atomic E-state index is 0.0723. The molecule has 31 heavy (non-hydrogen) atoms. The third-order valence-electron chi connectivity index (χ3n) is 4.14. The van der Waals surface area contributed by atoms with Crippen molar-refractivity contribution in [1.29, 1.82) is 0 Å². The van der Waals surface area contributed by atoms with Gasteiger partial charge in [0.25, 0.3) is 16.4 Å². The summed E-state index contributed by atoms with van der Waals surface area (Å²) in [5, 5.41) is 8.03. The van der Waals surface area contributed by atoms with Crippen LogP contribution in [0.1, 0.15) is 35.2 Å². The van der Waals surface area contributed by atoms with E-state index < -0.39 is 39.0 Å². The second-order valence-corrected chi connectivity index (χ2v) is 8.29. The number of pyridine rings is 1. The lowest BCUT2D eigenvalue weighted by atomic mass is 10.1. The lowest BCUT2D eigenvalue weighted by molar-refractivity contribution is 0.140. The van der Waals surface area contributed by atoms with Crippen molar-refractivity contribution in [2.45, 2.75) is 24.1 Å². The molecule has 1 atom stereocenters. The number of halogens is 4. The van der Waals surface area contributed by atoms with Gasteiger partial charge in [0.2, 0.25) is 0 Å². The fraction of sp³-hybridized carbons (Fsp3) is 0.222. The van der Waals surface area contributed by atoms with E-state index in [4.69, 9.17) is 21.5 Å². The number of nitrogens with two attached hydrogens (primary N) is 1. The molecule has 2 aromatic heterocycles. The van der Waals surface area contributed by atoms with Gasteiger partial charge in [-0.15, -0.1) is 0 Å². The number of nitrogens with one attached hydrogen (secondary N) is 2. The van der Waals surface area contributed by atoms with E-state index in [2.05, 4.69) is 20.3 Å². The molecule has 0 aliphatic rings. The van der Waals surface area contributed by atoms with Gasteiger partial charge in [0.05, 0.1) is 12.3 Å². The fourth-order valence-corrected chi connectivity index (χ4v) is 3.74. The normalized spacial score (nSPS) is 12.9. The summed E-state index contributed by atoms with van der Waals surface area (Å²) in [6.07, 6.45) is -3.13. The van der Waals surface area contributed by atoms with E-state index in [-0.39, 0.29) is 23.9 Å². The Labute approximate surface area is 180 Å². The number of H-pyrrole nitrogens is 1. The van der Waals surface area contributed by atoms with Crippen LogP contribution in [0.2, 0.25) is 5.02 Å². The molecule has 0 aliphatic heterocycles. The number of benzene rings is 1. The predicted octanol–water partition coefficient (Wildman–Crippen LogP) is 3.53. The zero-order chi connectivity index (χ0) is 22.8. The SMILES string of the molecule is COCc1[nH]c(C(Nc2ccc(F)c(C(F)F)n2)c2cccc(Cl)c2)nc1S(N)(=O)=O. The summed E-state index contributed by atoms with van der Waals surface area (Å²) in [5.74, 6) is -1.18. The van der Waals surface area contributed by atoms with Crippen molar-refractivity contribution in [2.24, 2.45) is 5.14 Å². The van der Waals surface area contributed by atoms with Crippen molar-refractivity contribution in [3.8, 4) is 0 Å². The van der Waals surface area contributed by atoms with Gasteiger partial charge < -0.3 is 15.0 Å². The van der Waals surface area contributed by atoms with Crippen LogP contribution < -0.4 is 10.5 Å². The summed E-state index contributed by atoms with van der Waals surface area (Å²) < 4.78 is 68.6. The first kappa shape index (κ1) is 23.0. The van der Waals surface area contributed by atoms with Gasteiger partial charge in [-0.3, -0.25) is 0 Å². The number of imidazole rings is 1. The number of aromatic nitrogens is 3. The van der Waals surface area contributed by atoms with E-state index >= 15 is 0 Å². The first-order valence-corrected chi connectivity index (χ1v) is 10.6. The van der Waals surface area contributed by atoms with Gasteiger partial charge >= 0.3 is 0 Å². The van der Waals surface area contributed by atoms with Crippen LogP contribution in [0.25, 0.3) is 0 Å². The van der Waals surface area contributed by atoms with Gasteiger partial charge in [-0.25, -0.2) is 36.7 Å². The van der Waals surface area contributed by atoms with Gasteiger partial charge in [0.1, 0.15) is 23.4 Å². The van der Waals surface area contributed by atoms with Gasteiger partial charge in [0, 0.05) is 12.1 Å². The van der Waals surface area contributed by atoms with Crippen LogP contribution in [-0.2, 0) is 21.4 Å². The average molecular weight is 476 g/mol. The monoisotopic (exact) mass is 475 g/mol. The minimum Gasteiger partial charge on any atom is -0.378 e. The summed E-state index contributed by atoms with van der Waals surface area (Å²) in [6.45, 7) is -0.134. The highest BCUT2D eigenvalue weighted by Crippen LogP contribution is 2.29. The smallest absolute Gasteiger partial charge is 0.283 e. The molecular formula is C18H17ClF3N5O3S. The molecule has 13 heteroatoms. The number of rotatable bonds is 8. The van der Waals surface area contributed by atoms with Crippen LogP contribution in [-0.4, -0.2) is 30.5 Å². The number of anilines is 1. The molecule has 0 saturated carbocycles. The third-order valence-corrected chi connectivity index (χ3v) is 5.26. The molecule has 4 N–H and O–H groups in total. The number of hydrogen-bond acceptors (Lipinski definition) is 6. The standard InChI is InChI=1S/C18H17ClF3N5O3S/c1-30-8-12-18(31(23,28)29)27-17(24-12)14(9-3-2-4-10(19)7-9)25-13-6-5-11(20)15(26-13)16(21)22/h2-7,14,16H,8H2,1H3,(H,24,27)(H,25,26)(H2,23,28,29). The van der Waals surface area contributed by atoms with E-state index in [1.807, 2.05) is 0 Å². The number of methoxy groups -OCH3 is 1. The highest BCUT2D eigenvalue weighted by atomic mass is 35.5. The number of primary sulfonamides is 1. The Morgan fingerprint density at radius 1 is 1.26 bits per heavy atom. The molecule has 0 aliphatic carbocycles. The number of alkyl halides is 2. The van der Waals surface area contributed by atoms with Gasteiger partial charge in [0.15, 0.2) is 10.8 Å². The van der Waals surface area contributed by atoms with Crippen molar-refractivity contribution in [3.05, 3.63) is 70.0 Å². The summed E-state index contributed by atoms with van der Waals surface area (Å²) >= 11 is 6.07. The molecule has 166 valence electrons. The molecule has 0 fully saturated rings. The number of aromatic amines is 1. The van der Waals surface area contributed by atoms with Crippen LogP contribution in [0.4, 0.5) is 19.0 Å². The second-order valence-electron chi connectivity index (χ2n) is 6.38. The lowest BCUT2D eigenvalue weighted by Crippen LogP contribution is -2.17. The molecule has 3 rings (SSSR count). The molecule has 0 amide bonds. The molecule has 1 aromatic carbocycles. The van der Waals surface area contributed by atoms with E-state index in [9.17, 15) is 21.6 Å². The maximum atomic E-state index is 13.6. The lowest BCUT2D eigenvalue weighted by Gasteiger charge is -2.19. The molecule has 2 heterocycles. The molecule has 3 aromatic rings. The fourth-order valence-electron chi connectivity index (χ4n) is 2.86. The molecular weight excluding hydrogens is 459 g/mol. The Balaban J connectivity index is 2.12. The first-order chi connectivity index (χ1) is 14.6. The zero-order valence-electron chi connectivity index (χ0n) is 15.9. The predicted molar refractivity (Wildman–Crippen MR) is 107 cm³/mol. The third kappa shape index (κ3) is 5.34. The van der Waals surface area contributed by atoms with Gasteiger partial charge in [-0.1, -0.05) is 23.7 Å². The van der Waals surface area contributed by atoms with E-state index in [0.717, 1.165) is 6.07 Å². The van der Waals surface area contributed by atoms with Crippen LogP contribution in [0.5, 0.6) is 0 Å². The highest BCUT2D eigenvalue weighted by molar-refractivity contribution is 7.89. The molecule has 0 radical (unpaired) electrons. The number of sulfonamides is 1. The molecule has 0 bridgehead atoms. The summed E-state index contributed by atoms with van der Waals surface area (Å²) in [6, 6.07) is 7.55. The van der Waals surface area contributed by atoms with Crippen molar-refractivity contribution >= 4 is 27.4 Å². The van der Waals surface area contributed by atoms with Crippen LogP contribution in [0.15, 0.2) is 41.4 Å². The van der Waals surface area contributed by atoms with Crippen LogP contribution in [0, 0.1) is 5.82 Å². The highest BCUT2D eigenvalue weighted by Gasteiger charge is 2.26. The van der Waals surface area contributed by atoms with Crippen molar-refractivity contribution in [1.82, 2.24) is 15.0 Å². The Morgan fingerprint density at radius 2 is 2.00 bits per heavy atom. The van der Waals surface area contributed by atoms with E-state index in [1.54, 1.807) is 24.3 Å². The zero-order valence-corrected chi connectivity index (χ0v) is 17.5. The van der Waals surface area contributed by atoms with Crippen LogP contribution >= 0.6 is 11.6 Å². The summed E-state index contributed by atoms with van der Waals surface area (Å²) in [7, 11) is -2.84. The van der Waals surface area contributed by atoms with Crippen molar-refractivity contribution in [2.75, 3.05) is 12.4 Å². The number of nitrogens with zero attached hydrogens (tertiary/aromatic N) is 2. The van der Waals surface area contributed by atoms with Crippen LogP contribution in [0.3, 0.4) is 0 Å². The summed E-state index contributed by atoms with van der Waals surface area (Å²) in [5.41, 5.74) is -0.440. The average Bonchev–Trinajstić information content (AvgIpc) is 3.11. The van der Waals surface area contributed by atoms with Crippen molar-refractivity contribution in [3.63, 3.8) is 0 Å². The molecule has 8 nitrogen and oxygen atoms in total. The maximum Gasteiger partial charge on any atom is 0.283 e. The Hall–Kier alpha value is -2.67. The first-order valence-electron chi connectivity index (χ1n) is 8.67. The van der Waals surface area contributed by atoms with Crippen molar-refractivity contribution < 1.29 is 26.3 Å². The Morgan fingerprint density at radius 3 is 2.61 bits per heavy atom. The maximum absolute atomic E-state index is 13.6. The number of ether oxygens (including phenoxy) is 1. The minimum atomic E-state index is -4.20. The van der Waals surface area contributed by atoms with Gasteiger partial charge in [-0.05, 0) is 29.8 Å². The molecule has 0 saturated heterocycles. The summed E-state index contributed by atoms with van der Waals surface area (Å²) in [4.78, 5) is 10.5. The second kappa shape index (κ2) is 9.22.